The van der Waals surface area contributed by atoms with E-state index in [0.29, 0.717) is 0 Å². The van der Waals surface area contributed by atoms with Crippen LogP contribution < -0.4 is 0 Å². The first-order chi connectivity index (χ1) is 3.63. The molecule has 0 heterocycles. The summed E-state index contributed by atoms with van der Waals surface area (Å²) < 4.78 is 0. The average Bonchev–Trinajstić information content (AvgIpc) is 1.61. The summed E-state index contributed by atoms with van der Waals surface area (Å²) in [6.45, 7) is -0.686. The third-order valence-corrected chi connectivity index (χ3v) is 0.393. The highest BCUT2D eigenvalue weighted by Gasteiger charge is 1.98. The second kappa shape index (κ2) is 3.20. The van der Waals surface area contributed by atoms with E-state index in [1.165, 1.54) is 0 Å². The number of carbonyl (C=O) groups is 1. The molecule has 0 saturated heterocycles. The van der Waals surface area contributed by atoms with Gasteiger partial charge >= 0.3 is 0 Å². The van der Waals surface area contributed by atoms with E-state index in [0.717, 1.165) is 0 Å². The van der Waals surface area contributed by atoms with Crippen molar-refractivity contribution in [3.8, 4) is 0 Å². The van der Waals surface area contributed by atoms with Gasteiger partial charge in [-0.05, 0) is 11.6 Å². The lowest BCUT2D eigenvalue weighted by molar-refractivity contribution is -0.754. The summed E-state index contributed by atoms with van der Waals surface area (Å²) in [5.41, 5.74) is 0. The summed E-state index contributed by atoms with van der Waals surface area (Å²) in [5.74, 6) is 0. The molecular weight excluding hydrogens is 137 g/mol. The van der Waals surface area contributed by atoms with Crippen molar-refractivity contribution in [1.29, 1.82) is 0 Å². The predicted octanol–water partition coefficient (Wildman–Crippen LogP) is -0.0399. The zero-order valence-corrected chi connectivity index (χ0v) is 4.42. The van der Waals surface area contributed by atoms with Crippen LogP contribution in [-0.2, 0) is 9.63 Å². The first kappa shape index (κ1) is 7.16. The third-order valence-electron chi connectivity index (χ3n) is 0.283. The Kier molecular flexibility index (Phi) is 2.86. The normalized spacial score (nSPS) is 8.12. The predicted molar refractivity (Wildman–Crippen MR) is 23.8 cm³/mol. The third kappa shape index (κ3) is 5.16. The Morgan fingerprint density at radius 2 is 2.38 bits per heavy atom. The molecule has 5 nitrogen and oxygen atoms in total. The van der Waals surface area contributed by atoms with Crippen LogP contribution in [0.1, 0.15) is 0 Å². The van der Waals surface area contributed by atoms with Crippen molar-refractivity contribution in [2.75, 3.05) is 6.61 Å². The lowest BCUT2D eigenvalue weighted by Crippen LogP contribution is -2.06. The summed E-state index contributed by atoms with van der Waals surface area (Å²) in [7, 11) is 0. The Morgan fingerprint density at radius 1 is 1.88 bits per heavy atom. The Bertz CT molecular complexity index is 98.6. The summed E-state index contributed by atoms with van der Waals surface area (Å²) in [4.78, 5) is 22.5. The highest BCUT2D eigenvalue weighted by atomic mass is 35.5. The van der Waals surface area contributed by atoms with Crippen LogP contribution in [-0.4, -0.2) is 16.9 Å². The Hall–Kier alpha value is -0.840. The molecule has 8 heavy (non-hydrogen) atoms. The minimum Gasteiger partial charge on any atom is -0.305 e. The summed E-state index contributed by atoms with van der Waals surface area (Å²) >= 11 is 4.65. The highest BCUT2D eigenvalue weighted by Crippen LogP contribution is 1.80. The molecule has 0 aliphatic heterocycles. The van der Waals surface area contributed by atoms with Gasteiger partial charge in [0.25, 0.3) is 5.09 Å². The maximum Gasteiger partial charge on any atom is 0.294 e. The van der Waals surface area contributed by atoms with Crippen molar-refractivity contribution < 1.29 is 14.7 Å². The number of rotatable bonds is 3. The van der Waals surface area contributed by atoms with Gasteiger partial charge in [-0.3, -0.25) is 4.79 Å². The lowest BCUT2D eigenvalue weighted by atomic mass is 10.8. The van der Waals surface area contributed by atoms with E-state index in [-0.39, 0.29) is 0 Å². The van der Waals surface area contributed by atoms with Crippen LogP contribution in [0.25, 0.3) is 0 Å². The second-order valence-corrected chi connectivity index (χ2v) is 1.27. The zero-order chi connectivity index (χ0) is 6.57. The summed E-state index contributed by atoms with van der Waals surface area (Å²) in [6, 6.07) is 0. The molecule has 0 saturated carbocycles. The van der Waals surface area contributed by atoms with Crippen LogP contribution in [0.15, 0.2) is 0 Å². The van der Waals surface area contributed by atoms with Crippen LogP contribution in [0.3, 0.4) is 0 Å². The molecule has 0 spiro atoms. The molecule has 0 aliphatic carbocycles. The van der Waals surface area contributed by atoms with Crippen molar-refractivity contribution in [1.82, 2.24) is 0 Å². The van der Waals surface area contributed by atoms with Crippen molar-refractivity contribution >= 4 is 16.8 Å². The first-order valence-corrected chi connectivity index (χ1v) is 1.96. The van der Waals surface area contributed by atoms with Crippen LogP contribution in [0, 0.1) is 10.1 Å². The van der Waals surface area contributed by atoms with Gasteiger partial charge < -0.3 is 4.84 Å². The minimum atomic E-state index is -1.08. The maximum absolute atomic E-state index is 9.68. The van der Waals surface area contributed by atoms with E-state index in [9.17, 15) is 14.9 Å². The standard InChI is InChI=1S/C2H2ClNO4/c3-2(5)1-8-4(6)7/h1H2. The fourth-order valence-electron chi connectivity index (χ4n) is 0.103. The van der Waals surface area contributed by atoms with Gasteiger partial charge in [-0.1, -0.05) is 0 Å². The quantitative estimate of drug-likeness (QED) is 0.313. The molecule has 0 amide bonds. The van der Waals surface area contributed by atoms with Gasteiger partial charge in [-0.25, -0.2) is 0 Å². The van der Waals surface area contributed by atoms with Crippen LogP contribution in [0.2, 0.25) is 0 Å². The number of hydrogen-bond donors (Lipinski definition) is 0. The zero-order valence-electron chi connectivity index (χ0n) is 3.67. The molecule has 0 N–H and O–H groups in total. The van der Waals surface area contributed by atoms with Gasteiger partial charge in [0, 0.05) is 0 Å². The van der Waals surface area contributed by atoms with E-state index in [1.807, 2.05) is 0 Å². The average molecular weight is 139 g/mol. The molecule has 0 unspecified atom stereocenters. The monoisotopic (exact) mass is 139 g/mol. The largest absolute Gasteiger partial charge is 0.305 e. The van der Waals surface area contributed by atoms with Gasteiger partial charge in [0.1, 0.15) is 0 Å². The van der Waals surface area contributed by atoms with Gasteiger partial charge in [-0.2, -0.15) is 0 Å². The van der Waals surface area contributed by atoms with Gasteiger partial charge in [0.2, 0.25) is 5.24 Å². The molecule has 0 fully saturated rings. The number of carbonyl (C=O) groups excluding carboxylic acids is 1. The van der Waals surface area contributed by atoms with E-state index >= 15 is 0 Å². The highest BCUT2D eigenvalue weighted by molar-refractivity contribution is 6.63. The van der Waals surface area contributed by atoms with Crippen LogP contribution in [0.5, 0.6) is 0 Å². The smallest absolute Gasteiger partial charge is 0.294 e. The molecule has 0 aromatic rings. The lowest BCUT2D eigenvalue weighted by Gasteiger charge is -1.87. The molecule has 0 bridgehead atoms. The molecule has 0 rings (SSSR count). The number of hydrogen-bond acceptors (Lipinski definition) is 4. The van der Waals surface area contributed by atoms with Crippen LogP contribution in [0.4, 0.5) is 0 Å². The molecular formula is C2H2ClNO4. The van der Waals surface area contributed by atoms with Gasteiger partial charge in [-0.15, -0.1) is 10.1 Å². The van der Waals surface area contributed by atoms with E-state index < -0.39 is 16.9 Å². The molecule has 0 radical (unpaired) electrons. The second-order valence-electron chi connectivity index (χ2n) is 0.852. The Labute approximate surface area is 49.3 Å². The summed E-state index contributed by atoms with van der Waals surface area (Å²) in [5, 5.41) is 7.31. The van der Waals surface area contributed by atoms with E-state index in [2.05, 4.69) is 16.4 Å². The fourth-order valence-corrected chi connectivity index (χ4v) is 0.152. The van der Waals surface area contributed by atoms with Crippen molar-refractivity contribution in [3.05, 3.63) is 10.1 Å². The van der Waals surface area contributed by atoms with Gasteiger partial charge in [0.15, 0.2) is 6.61 Å². The van der Waals surface area contributed by atoms with Gasteiger partial charge in [0.05, 0.1) is 0 Å². The van der Waals surface area contributed by atoms with Crippen molar-refractivity contribution in [2.24, 2.45) is 0 Å². The Balaban J connectivity index is 3.18. The van der Waals surface area contributed by atoms with Crippen molar-refractivity contribution in [2.45, 2.75) is 0 Å². The SMILES string of the molecule is O=C(Cl)CO[N+](=O)[O-]. The maximum atomic E-state index is 9.68. The van der Waals surface area contributed by atoms with E-state index in [1.54, 1.807) is 0 Å². The molecule has 0 aromatic carbocycles. The number of nitrogens with zero attached hydrogens (tertiary/aromatic N) is 1. The van der Waals surface area contributed by atoms with Crippen molar-refractivity contribution in [3.63, 3.8) is 0 Å². The first-order valence-electron chi connectivity index (χ1n) is 1.58. The minimum absolute atomic E-state index is 0.686. The number of halogens is 1. The fraction of sp³-hybridized carbons (Fsp3) is 0.500. The summed E-state index contributed by atoms with van der Waals surface area (Å²) in [6.07, 6.45) is 0. The molecule has 0 aliphatic rings. The molecule has 6 heteroatoms. The molecule has 0 aromatic heterocycles. The Morgan fingerprint density at radius 3 is 2.50 bits per heavy atom. The van der Waals surface area contributed by atoms with E-state index in [4.69, 9.17) is 0 Å². The topological polar surface area (TPSA) is 69.4 Å². The molecule has 0 atom stereocenters. The van der Waals surface area contributed by atoms with Crippen LogP contribution >= 0.6 is 11.6 Å². The molecule has 46 valence electrons.